The van der Waals surface area contributed by atoms with Crippen LogP contribution >= 0.6 is 0 Å². The number of esters is 1. The maximum absolute atomic E-state index is 11.7. The second-order valence-electron chi connectivity index (χ2n) is 4.36. The van der Waals surface area contributed by atoms with Crippen LogP contribution in [0.5, 0.6) is 0 Å². The summed E-state index contributed by atoms with van der Waals surface area (Å²) >= 11 is 0. The zero-order valence-electron chi connectivity index (χ0n) is 11.4. The Morgan fingerprint density at radius 1 is 1.40 bits per heavy atom. The van der Waals surface area contributed by atoms with Crippen LogP contribution < -0.4 is 5.32 Å². The molecule has 0 heterocycles. The predicted molar refractivity (Wildman–Crippen MR) is 78.0 cm³/mol. The van der Waals surface area contributed by atoms with E-state index in [9.17, 15) is 13.7 Å². The molecule has 108 valence electrons. The molecule has 1 rings (SSSR count). The van der Waals surface area contributed by atoms with Gasteiger partial charge in [0, 0.05) is 0 Å². The van der Waals surface area contributed by atoms with Gasteiger partial charge >= 0.3 is 121 Å². The molecule has 0 aliphatic heterocycles. The third kappa shape index (κ3) is 7.30. The molecular formula is C13H18BNO4S. The monoisotopic (exact) mass is 295 g/mol. The topological polar surface area (TPSA) is 72.5 Å². The molecule has 20 heavy (non-hydrogen) atoms. The van der Waals surface area contributed by atoms with Crippen LogP contribution in [-0.2, 0) is 31.6 Å². The molecule has 0 amide bonds. The minimum absolute atomic E-state index is 0.0975. The molecule has 2 unspecified atom stereocenters. The molecule has 7 heteroatoms. The van der Waals surface area contributed by atoms with Crippen molar-refractivity contribution in [1.82, 2.24) is 5.32 Å². The Morgan fingerprint density at radius 2 is 2.10 bits per heavy atom. The first-order chi connectivity index (χ1) is 9.61. The van der Waals surface area contributed by atoms with Gasteiger partial charge in [-0.05, 0) is 0 Å². The van der Waals surface area contributed by atoms with E-state index in [0.717, 1.165) is 5.56 Å². The molecule has 0 radical (unpaired) electrons. The van der Waals surface area contributed by atoms with Gasteiger partial charge in [0.05, 0.1) is 0 Å². The van der Waals surface area contributed by atoms with E-state index in [1.165, 1.54) is 0 Å². The molecule has 5 nitrogen and oxygen atoms in total. The first-order valence-electron chi connectivity index (χ1n) is 6.28. The first kappa shape index (κ1) is 16.7. The number of carbonyl (C=O) groups excluding carboxylic acids is 1. The van der Waals surface area contributed by atoms with Gasteiger partial charge in [0.25, 0.3) is 0 Å². The summed E-state index contributed by atoms with van der Waals surface area (Å²) < 4.78 is 26.7. The van der Waals surface area contributed by atoms with E-state index in [2.05, 4.69) is 5.32 Å². The van der Waals surface area contributed by atoms with Gasteiger partial charge in [-0.2, -0.15) is 0 Å². The molecule has 2 atom stereocenters. The van der Waals surface area contributed by atoms with Crippen molar-refractivity contribution in [2.75, 3.05) is 18.5 Å². The summed E-state index contributed by atoms with van der Waals surface area (Å²) in [6.45, 7) is 0.218. The van der Waals surface area contributed by atoms with Gasteiger partial charge in [-0.25, -0.2) is 0 Å². The second kappa shape index (κ2) is 9.55. The van der Waals surface area contributed by atoms with Gasteiger partial charge in [0.15, 0.2) is 0 Å². The van der Waals surface area contributed by atoms with E-state index in [1.54, 1.807) is 6.26 Å². The SMILES string of the molecule is CS(=O)CC(CC(=O)OCc1ccccc1)NCB=O. The van der Waals surface area contributed by atoms with E-state index in [0.29, 0.717) is 12.9 Å². The van der Waals surface area contributed by atoms with Crippen LogP contribution in [0, 0.1) is 0 Å². The summed E-state index contributed by atoms with van der Waals surface area (Å²) in [4.78, 5) is 11.7. The predicted octanol–water partition coefficient (Wildman–Crippen LogP) is 0.464. The molecule has 0 aliphatic carbocycles. The zero-order valence-corrected chi connectivity index (χ0v) is 12.2. The van der Waals surface area contributed by atoms with E-state index in [1.807, 2.05) is 30.3 Å². The van der Waals surface area contributed by atoms with Crippen LogP contribution in [0.25, 0.3) is 0 Å². The fourth-order valence-corrected chi connectivity index (χ4v) is 2.49. The van der Waals surface area contributed by atoms with Crippen molar-refractivity contribution < 1.29 is 18.4 Å². The summed E-state index contributed by atoms with van der Waals surface area (Å²) in [5.41, 5.74) is 0.914. The average molecular weight is 295 g/mol. The number of ether oxygens (including phenoxy) is 1. The van der Waals surface area contributed by atoms with Gasteiger partial charge in [0.1, 0.15) is 0 Å². The van der Waals surface area contributed by atoms with Crippen molar-refractivity contribution in [2.45, 2.75) is 19.1 Å². The van der Waals surface area contributed by atoms with Crippen molar-refractivity contribution >= 4 is 23.9 Å². The van der Waals surface area contributed by atoms with Gasteiger partial charge in [-0.3, -0.25) is 0 Å². The van der Waals surface area contributed by atoms with Gasteiger partial charge in [-0.15, -0.1) is 0 Å². The van der Waals surface area contributed by atoms with E-state index in [4.69, 9.17) is 4.74 Å². The number of nitrogens with one attached hydrogen (secondary N) is 1. The average Bonchev–Trinajstić information content (AvgIpc) is 2.43. The Hall–Kier alpha value is -1.34. The number of rotatable bonds is 9. The molecule has 1 aromatic carbocycles. The Labute approximate surface area is 121 Å². The summed E-state index contributed by atoms with van der Waals surface area (Å²) in [7, 11) is -0.332. The number of hydrogen-bond acceptors (Lipinski definition) is 5. The standard InChI is InChI=1S/C13H18BNO4S/c1-20(18)9-12(15-10-14-17)7-13(16)19-8-11-5-3-2-4-6-11/h2-6,12,15H,7-10H2,1H3. The van der Waals surface area contributed by atoms with Crippen LogP contribution in [0.4, 0.5) is 0 Å². The van der Waals surface area contributed by atoms with Crippen molar-refractivity contribution in [3.8, 4) is 0 Å². The van der Waals surface area contributed by atoms with Crippen molar-refractivity contribution in [1.29, 1.82) is 0 Å². The Bertz CT molecular complexity index is 455. The number of benzene rings is 1. The molecule has 1 N–H and O–H groups in total. The fraction of sp³-hybridized carbons (Fsp3) is 0.462. The maximum atomic E-state index is 11.7. The number of hydrogen-bond donors (Lipinski definition) is 1. The Kier molecular flexibility index (Phi) is 7.98. The van der Waals surface area contributed by atoms with Crippen molar-refractivity contribution in [3.63, 3.8) is 0 Å². The van der Waals surface area contributed by atoms with E-state index < -0.39 is 10.8 Å². The van der Waals surface area contributed by atoms with Gasteiger partial charge < -0.3 is 0 Å². The summed E-state index contributed by atoms with van der Waals surface area (Å²) in [5, 5.41) is 2.87. The Balaban J connectivity index is 2.40. The fourth-order valence-electron chi connectivity index (χ4n) is 1.69. The van der Waals surface area contributed by atoms with Crippen molar-refractivity contribution in [2.24, 2.45) is 0 Å². The van der Waals surface area contributed by atoms with Gasteiger partial charge in [0.2, 0.25) is 0 Å². The van der Waals surface area contributed by atoms with Crippen LogP contribution in [0.1, 0.15) is 12.0 Å². The number of carbonyl (C=O) groups is 1. The van der Waals surface area contributed by atoms with Gasteiger partial charge in [-0.1, -0.05) is 0 Å². The Morgan fingerprint density at radius 3 is 2.70 bits per heavy atom. The quantitative estimate of drug-likeness (QED) is 0.529. The zero-order chi connectivity index (χ0) is 14.8. The molecule has 0 aliphatic rings. The molecular weight excluding hydrogens is 277 g/mol. The molecule has 0 fully saturated rings. The molecule has 0 saturated heterocycles. The minimum atomic E-state index is -1.04. The van der Waals surface area contributed by atoms with Crippen LogP contribution in [-0.4, -0.2) is 41.8 Å². The normalized spacial score (nSPS) is 13.2. The molecule has 0 bridgehead atoms. The summed E-state index contributed by atoms with van der Waals surface area (Å²) in [5.74, 6) is -0.0587. The van der Waals surface area contributed by atoms with Crippen LogP contribution in [0.2, 0.25) is 0 Å². The molecule has 0 spiro atoms. The summed E-state index contributed by atoms with van der Waals surface area (Å²) in [6.07, 6.45) is 1.79. The molecule has 1 aromatic rings. The van der Waals surface area contributed by atoms with Crippen LogP contribution in [0.15, 0.2) is 30.3 Å². The first-order valence-corrected chi connectivity index (χ1v) is 8.01. The molecule has 0 saturated carbocycles. The van der Waals surface area contributed by atoms with Crippen LogP contribution in [0.3, 0.4) is 0 Å². The van der Waals surface area contributed by atoms with E-state index in [-0.39, 0.29) is 31.5 Å². The third-order valence-electron chi connectivity index (χ3n) is 2.58. The van der Waals surface area contributed by atoms with E-state index >= 15 is 0 Å². The second-order valence-corrected chi connectivity index (χ2v) is 5.84. The molecule has 0 aromatic heterocycles. The third-order valence-corrected chi connectivity index (χ3v) is 3.45. The van der Waals surface area contributed by atoms with Crippen molar-refractivity contribution in [3.05, 3.63) is 35.9 Å². The summed E-state index contributed by atoms with van der Waals surface area (Å²) in [6, 6.07) is 9.07.